The molecule has 2 atom stereocenters. The lowest BCUT2D eigenvalue weighted by Crippen LogP contribution is -2.30. The molecule has 3 rings (SSSR count). The number of amidine groups is 1. The Morgan fingerprint density at radius 1 is 1.10 bits per heavy atom. The second kappa shape index (κ2) is 22.1. The van der Waals surface area contributed by atoms with Gasteiger partial charge < -0.3 is 44.8 Å². The number of unbranched alkanes of at least 4 members (excludes halogenated alkanes) is 1. The molecule has 0 fully saturated rings. The third-order valence-electron chi connectivity index (χ3n) is 6.81. The van der Waals surface area contributed by atoms with E-state index in [0.29, 0.717) is 11.0 Å². The first-order valence-electron chi connectivity index (χ1n) is 15.4. The summed E-state index contributed by atoms with van der Waals surface area (Å²) < 4.78 is 20.3. The van der Waals surface area contributed by atoms with Crippen molar-refractivity contribution in [2.75, 3.05) is 26.4 Å². The van der Waals surface area contributed by atoms with Gasteiger partial charge in [-0.25, -0.2) is 9.78 Å². The minimum atomic E-state index is -1.33. The van der Waals surface area contributed by atoms with Crippen molar-refractivity contribution in [3.8, 4) is 11.1 Å². The van der Waals surface area contributed by atoms with Crippen LogP contribution in [0.1, 0.15) is 49.3 Å². The van der Waals surface area contributed by atoms with E-state index in [9.17, 15) is 29.8 Å². The third kappa shape index (κ3) is 14.8. The number of carbonyl (C=O) groups excluding carboxylic acids is 2. The van der Waals surface area contributed by atoms with Crippen LogP contribution in [0.3, 0.4) is 0 Å². The number of nitrogens with zero attached hydrogens (tertiary/aromatic N) is 5. The molecule has 0 aliphatic heterocycles. The molecule has 2 unspecified atom stereocenters. The zero-order chi connectivity index (χ0) is 37.8. The maximum atomic E-state index is 11.0. The summed E-state index contributed by atoms with van der Waals surface area (Å²) in [5.41, 5.74) is 11.0. The van der Waals surface area contributed by atoms with E-state index in [0.717, 1.165) is 54.0 Å². The number of halogens is 1. The second-order valence-corrected chi connectivity index (χ2v) is 10.8. The average Bonchev–Trinajstić information content (AvgIpc) is 3.36. The fourth-order valence-corrected chi connectivity index (χ4v) is 4.54. The van der Waals surface area contributed by atoms with Crippen LogP contribution in [-0.2, 0) is 46.4 Å². The van der Waals surface area contributed by atoms with E-state index < -0.39 is 41.9 Å². The molecule has 0 saturated heterocycles. The van der Waals surface area contributed by atoms with Gasteiger partial charge in [-0.3, -0.25) is 4.79 Å². The Balaban J connectivity index is 0.000000362. The molecule has 51 heavy (non-hydrogen) atoms. The predicted molar refractivity (Wildman–Crippen MR) is 181 cm³/mol. The fourth-order valence-electron chi connectivity index (χ4n) is 4.34. The van der Waals surface area contributed by atoms with Crippen molar-refractivity contribution < 1.29 is 48.4 Å². The molecule has 3 aromatic rings. The van der Waals surface area contributed by atoms with Crippen molar-refractivity contribution in [3.05, 3.63) is 96.6 Å². The highest BCUT2D eigenvalue weighted by Gasteiger charge is 2.17. The van der Waals surface area contributed by atoms with Crippen LogP contribution < -0.4 is 11.6 Å². The molecule has 0 saturated carbocycles. The number of hydrogen-bond acceptors (Lipinski definition) is 15. The highest BCUT2D eigenvalue weighted by molar-refractivity contribution is 6.30. The molecule has 0 radical (unpaired) electrons. The van der Waals surface area contributed by atoms with E-state index >= 15 is 0 Å². The van der Waals surface area contributed by atoms with Gasteiger partial charge in [0.05, 0.1) is 18.9 Å². The maximum Gasteiger partial charge on any atom is 0.511 e. The van der Waals surface area contributed by atoms with Crippen LogP contribution >= 0.6 is 11.6 Å². The van der Waals surface area contributed by atoms with E-state index in [1.54, 1.807) is 0 Å². The van der Waals surface area contributed by atoms with E-state index in [1.165, 1.54) is 12.5 Å². The first kappa shape index (κ1) is 41.5. The van der Waals surface area contributed by atoms with Crippen molar-refractivity contribution in [1.29, 1.82) is 0 Å². The van der Waals surface area contributed by atoms with Crippen LogP contribution in [0.15, 0.2) is 53.6 Å². The molecule has 2 aromatic carbocycles. The van der Waals surface area contributed by atoms with Crippen LogP contribution in [0.4, 0.5) is 4.79 Å². The number of benzene rings is 2. The zero-order valence-corrected chi connectivity index (χ0v) is 28.9. The van der Waals surface area contributed by atoms with Gasteiger partial charge in [0.15, 0.2) is 11.9 Å². The molecule has 0 bridgehead atoms. The molecule has 1 heterocycles. The zero-order valence-electron chi connectivity index (χ0n) is 28.2. The number of ether oxygens (including phenoxy) is 4. The molecule has 1 aromatic heterocycles. The normalized spacial score (nSPS) is 12.0. The smallest absolute Gasteiger partial charge is 0.432 e. The molecule has 20 heteroatoms. The Morgan fingerprint density at radius 3 is 2.43 bits per heavy atom. The topological polar surface area (TPSA) is 258 Å². The van der Waals surface area contributed by atoms with Crippen LogP contribution in [0.2, 0.25) is 5.15 Å². The van der Waals surface area contributed by atoms with Crippen LogP contribution in [0.5, 0.6) is 0 Å². The first-order valence-corrected chi connectivity index (χ1v) is 15.8. The standard InChI is InChI=1S/C22H26ClN5.C9H14N2O12/c1-3-4-9-20-26-21(23)15(2)28(20)14-16-10-12-17(13-11-16)18-7-5-6-8-19(18)22(24)27-25;1-7(20-6-12)22-9(13)19-3-2-18-4-8(23-11(16)17)5-21-10(14)15/h5-8,10-13H,3-4,9,14,25H2,1-2H3,(H2,24,27);6-8H,2-5H2,1H3. The van der Waals surface area contributed by atoms with Crippen LogP contribution in [0, 0.1) is 27.2 Å². The van der Waals surface area contributed by atoms with Crippen molar-refractivity contribution in [3.63, 3.8) is 0 Å². The molecule has 0 amide bonds. The lowest BCUT2D eigenvalue weighted by Gasteiger charge is -2.14. The Hall–Kier alpha value is -5.69. The van der Waals surface area contributed by atoms with E-state index in [1.807, 2.05) is 31.2 Å². The number of aromatic nitrogens is 2. The molecular formula is C31H40ClN7O12. The summed E-state index contributed by atoms with van der Waals surface area (Å²) in [5, 5.41) is 22.1. The summed E-state index contributed by atoms with van der Waals surface area (Å²) in [5.74, 6) is 6.74. The number of nitrogens with two attached hydrogens (primary N) is 2. The first-order chi connectivity index (χ1) is 24.4. The van der Waals surface area contributed by atoms with Gasteiger partial charge in [-0.05, 0) is 30.0 Å². The summed E-state index contributed by atoms with van der Waals surface area (Å²) in [6, 6.07) is 16.3. The predicted octanol–water partition coefficient (Wildman–Crippen LogP) is 3.94. The Labute approximate surface area is 297 Å². The summed E-state index contributed by atoms with van der Waals surface area (Å²) in [7, 11) is 0. The van der Waals surface area contributed by atoms with Crippen molar-refractivity contribution in [2.45, 2.75) is 59.0 Å². The molecule has 0 spiro atoms. The quantitative estimate of drug-likeness (QED) is 0.0191. The van der Waals surface area contributed by atoms with Crippen molar-refractivity contribution in [1.82, 2.24) is 9.55 Å². The van der Waals surface area contributed by atoms with Gasteiger partial charge in [0.2, 0.25) is 6.29 Å². The van der Waals surface area contributed by atoms with Crippen LogP contribution in [-0.4, -0.2) is 77.0 Å². The molecule has 0 aliphatic rings. The maximum absolute atomic E-state index is 11.0. The Kier molecular flexibility index (Phi) is 18.0. The summed E-state index contributed by atoms with van der Waals surface area (Å²) >= 11 is 6.28. The van der Waals surface area contributed by atoms with Gasteiger partial charge in [-0.2, -0.15) is 5.10 Å². The summed E-state index contributed by atoms with van der Waals surface area (Å²) in [6.07, 6.45) is -0.411. The minimum absolute atomic E-state index is 0.0868. The average molecular weight is 738 g/mol. The summed E-state index contributed by atoms with van der Waals surface area (Å²) in [4.78, 5) is 53.7. The van der Waals surface area contributed by atoms with Gasteiger partial charge in [-0.15, -0.1) is 20.2 Å². The van der Waals surface area contributed by atoms with Crippen molar-refractivity contribution in [2.24, 2.45) is 16.7 Å². The van der Waals surface area contributed by atoms with Gasteiger partial charge in [0.1, 0.15) is 24.2 Å². The second-order valence-electron chi connectivity index (χ2n) is 10.4. The minimum Gasteiger partial charge on any atom is -0.432 e. The monoisotopic (exact) mass is 737 g/mol. The van der Waals surface area contributed by atoms with Gasteiger partial charge in [0.25, 0.3) is 16.6 Å². The molecule has 4 N–H and O–H groups in total. The van der Waals surface area contributed by atoms with Gasteiger partial charge in [0, 0.05) is 25.5 Å². The Morgan fingerprint density at radius 2 is 1.80 bits per heavy atom. The van der Waals surface area contributed by atoms with Gasteiger partial charge in [-0.1, -0.05) is 73.5 Å². The highest BCUT2D eigenvalue weighted by atomic mass is 35.5. The summed E-state index contributed by atoms with van der Waals surface area (Å²) in [6.45, 7) is 4.70. The molecule has 0 aliphatic carbocycles. The number of aryl methyl sites for hydroxylation is 1. The largest absolute Gasteiger partial charge is 0.511 e. The lowest BCUT2D eigenvalue weighted by molar-refractivity contribution is -0.790. The number of hydrazone groups is 1. The number of rotatable bonds is 20. The lowest BCUT2D eigenvalue weighted by atomic mass is 9.98. The van der Waals surface area contributed by atoms with E-state index in [-0.39, 0.29) is 19.7 Å². The third-order valence-corrected chi connectivity index (χ3v) is 7.16. The molecular weight excluding hydrogens is 698 g/mol. The molecule has 19 nitrogen and oxygen atoms in total. The van der Waals surface area contributed by atoms with Gasteiger partial charge >= 0.3 is 6.16 Å². The number of imidazole rings is 1. The highest BCUT2D eigenvalue weighted by Crippen LogP contribution is 2.25. The van der Waals surface area contributed by atoms with Crippen LogP contribution in [0.25, 0.3) is 11.1 Å². The van der Waals surface area contributed by atoms with E-state index in [4.69, 9.17) is 27.9 Å². The number of carbonyl (C=O) groups is 2. The Bertz CT molecular complexity index is 1600. The fraction of sp³-hybridized carbons (Fsp3) is 0.419. The van der Waals surface area contributed by atoms with E-state index in [2.05, 4.69) is 69.7 Å². The number of hydrogen-bond donors (Lipinski definition) is 2. The SMILES string of the molecule is CC(OC=O)OC(=O)OCCOCC(CO[N+](=O)[O-])O[N+](=O)[O-].CCCCc1nc(Cl)c(C)n1Cc1ccc(-c2ccccc2/C(N)=N/N)cc1. The molecule has 278 valence electrons. The van der Waals surface area contributed by atoms with Crippen molar-refractivity contribution >= 4 is 30.1 Å².